The Hall–Kier alpha value is -3.87. The summed E-state index contributed by atoms with van der Waals surface area (Å²) in [5.41, 5.74) is 2.54. The van der Waals surface area contributed by atoms with E-state index in [0.717, 1.165) is 27.5 Å². The minimum Gasteiger partial charge on any atom is -0.444 e. The topological polar surface area (TPSA) is 87.7 Å². The SMILES string of the molecule is CCC(C)N(C(=O)C(CC(C)C)NC(=O)OC(C)(C)C)C(C(=O)Nc1ccc2ccccc2c1)c1c(C)cccc1C. The molecule has 3 aromatic rings. The Labute approximate surface area is 251 Å². The van der Waals surface area contributed by atoms with E-state index in [4.69, 9.17) is 4.74 Å². The van der Waals surface area contributed by atoms with Crippen molar-refractivity contribution < 1.29 is 19.1 Å². The minimum atomic E-state index is -0.921. The molecule has 0 radical (unpaired) electrons. The zero-order chi connectivity index (χ0) is 31.2. The quantitative estimate of drug-likeness (QED) is 0.260. The molecule has 226 valence electrons. The first-order valence-corrected chi connectivity index (χ1v) is 14.9. The van der Waals surface area contributed by atoms with Crippen LogP contribution in [0.2, 0.25) is 0 Å². The minimum absolute atomic E-state index is 0.109. The van der Waals surface area contributed by atoms with Gasteiger partial charge < -0.3 is 20.3 Å². The summed E-state index contributed by atoms with van der Waals surface area (Å²) in [7, 11) is 0. The maximum atomic E-state index is 14.5. The lowest BCUT2D eigenvalue weighted by Crippen LogP contribution is -2.55. The fraction of sp³-hybridized carbons (Fsp3) is 0.457. The van der Waals surface area contributed by atoms with Crippen molar-refractivity contribution in [2.45, 2.75) is 98.9 Å². The number of nitrogens with one attached hydrogen (secondary N) is 2. The average Bonchev–Trinajstić information content (AvgIpc) is 2.90. The summed E-state index contributed by atoms with van der Waals surface area (Å²) in [5, 5.41) is 8.01. The largest absolute Gasteiger partial charge is 0.444 e. The van der Waals surface area contributed by atoms with Crippen molar-refractivity contribution in [1.82, 2.24) is 10.2 Å². The lowest BCUT2D eigenvalue weighted by atomic mass is 9.91. The molecule has 0 heterocycles. The molecule has 2 N–H and O–H groups in total. The van der Waals surface area contributed by atoms with Crippen LogP contribution in [0.5, 0.6) is 0 Å². The van der Waals surface area contributed by atoms with Crippen LogP contribution in [0.3, 0.4) is 0 Å². The van der Waals surface area contributed by atoms with Gasteiger partial charge >= 0.3 is 6.09 Å². The first kappa shape index (κ1) is 32.6. The molecule has 0 saturated heterocycles. The normalized spacial score (nSPS) is 13.8. The zero-order valence-corrected chi connectivity index (χ0v) is 26.6. The van der Waals surface area contributed by atoms with E-state index >= 15 is 0 Å². The summed E-state index contributed by atoms with van der Waals surface area (Å²) >= 11 is 0. The van der Waals surface area contributed by atoms with Crippen LogP contribution in [0.4, 0.5) is 10.5 Å². The highest BCUT2D eigenvalue weighted by atomic mass is 16.6. The molecule has 0 aliphatic rings. The summed E-state index contributed by atoms with van der Waals surface area (Å²) in [5.74, 6) is -0.514. The Bertz CT molecular complexity index is 1390. The van der Waals surface area contributed by atoms with Crippen LogP contribution in [0, 0.1) is 19.8 Å². The van der Waals surface area contributed by atoms with E-state index in [9.17, 15) is 14.4 Å². The molecule has 7 heteroatoms. The fourth-order valence-corrected chi connectivity index (χ4v) is 5.25. The third-order valence-electron chi connectivity index (χ3n) is 7.38. The van der Waals surface area contributed by atoms with Gasteiger partial charge in [-0.3, -0.25) is 9.59 Å². The molecular weight excluding hydrogens is 526 g/mol. The molecule has 0 bridgehead atoms. The van der Waals surface area contributed by atoms with Crippen LogP contribution in [-0.2, 0) is 14.3 Å². The van der Waals surface area contributed by atoms with Crippen LogP contribution < -0.4 is 10.6 Å². The number of aryl methyl sites for hydroxylation is 2. The zero-order valence-electron chi connectivity index (χ0n) is 26.6. The molecule has 0 fully saturated rings. The van der Waals surface area contributed by atoms with E-state index in [1.54, 1.807) is 25.7 Å². The number of ether oxygens (including phenoxy) is 1. The van der Waals surface area contributed by atoms with E-state index in [1.807, 2.05) is 102 Å². The lowest BCUT2D eigenvalue weighted by Gasteiger charge is -2.39. The molecule has 3 atom stereocenters. The Morgan fingerprint density at radius 1 is 0.881 bits per heavy atom. The Morgan fingerprint density at radius 3 is 2.07 bits per heavy atom. The van der Waals surface area contributed by atoms with Gasteiger partial charge in [0.25, 0.3) is 5.91 Å². The van der Waals surface area contributed by atoms with Crippen LogP contribution in [0.25, 0.3) is 10.8 Å². The maximum Gasteiger partial charge on any atom is 0.408 e. The summed E-state index contributed by atoms with van der Waals surface area (Å²) in [6, 6.07) is 17.5. The van der Waals surface area contributed by atoms with Crippen molar-refractivity contribution in [2.24, 2.45) is 5.92 Å². The van der Waals surface area contributed by atoms with Gasteiger partial charge in [0.15, 0.2) is 0 Å². The highest BCUT2D eigenvalue weighted by Crippen LogP contribution is 2.33. The molecule has 7 nitrogen and oxygen atoms in total. The van der Waals surface area contributed by atoms with Crippen molar-refractivity contribution in [3.63, 3.8) is 0 Å². The lowest BCUT2D eigenvalue weighted by molar-refractivity contribution is -0.143. The van der Waals surface area contributed by atoms with Gasteiger partial charge in [0.1, 0.15) is 17.7 Å². The number of carbonyl (C=O) groups excluding carboxylic acids is 3. The van der Waals surface area contributed by atoms with E-state index in [2.05, 4.69) is 10.6 Å². The number of alkyl carbamates (subject to hydrolysis) is 1. The van der Waals surface area contributed by atoms with Crippen LogP contribution >= 0.6 is 0 Å². The van der Waals surface area contributed by atoms with Crippen molar-refractivity contribution >= 4 is 34.4 Å². The third kappa shape index (κ3) is 8.34. The molecule has 0 spiro atoms. The molecule has 42 heavy (non-hydrogen) atoms. The molecule has 0 saturated carbocycles. The second kappa shape index (κ2) is 13.9. The van der Waals surface area contributed by atoms with Crippen molar-refractivity contribution in [3.8, 4) is 0 Å². The molecule has 3 rings (SSSR count). The molecule has 3 amide bonds. The Kier molecular flexibility index (Phi) is 10.8. The summed E-state index contributed by atoms with van der Waals surface area (Å²) in [6.07, 6.45) is 0.364. The van der Waals surface area contributed by atoms with Gasteiger partial charge in [-0.1, -0.05) is 69.3 Å². The van der Waals surface area contributed by atoms with Gasteiger partial charge in [-0.25, -0.2) is 4.79 Å². The molecule has 0 aromatic heterocycles. The first-order valence-electron chi connectivity index (χ1n) is 14.9. The number of fused-ring (bicyclic) bond motifs is 1. The van der Waals surface area contributed by atoms with E-state index < -0.39 is 23.8 Å². The number of hydrogen-bond donors (Lipinski definition) is 2. The first-order chi connectivity index (χ1) is 19.7. The highest BCUT2D eigenvalue weighted by Gasteiger charge is 2.40. The van der Waals surface area contributed by atoms with Gasteiger partial charge in [0, 0.05) is 11.7 Å². The van der Waals surface area contributed by atoms with E-state index in [-0.39, 0.29) is 23.8 Å². The van der Waals surface area contributed by atoms with Crippen LogP contribution in [-0.4, -0.2) is 40.5 Å². The summed E-state index contributed by atoms with van der Waals surface area (Å²) < 4.78 is 5.51. The number of nitrogens with zero attached hydrogens (tertiary/aromatic N) is 1. The van der Waals surface area contributed by atoms with Gasteiger partial charge in [0.05, 0.1) is 0 Å². The molecule has 3 unspecified atom stereocenters. The fourth-order valence-electron chi connectivity index (χ4n) is 5.25. The smallest absolute Gasteiger partial charge is 0.408 e. The Balaban J connectivity index is 2.11. The van der Waals surface area contributed by atoms with Gasteiger partial charge in [-0.05, 0) is 99.9 Å². The maximum absolute atomic E-state index is 14.5. The number of rotatable bonds is 10. The monoisotopic (exact) mass is 573 g/mol. The van der Waals surface area contributed by atoms with Gasteiger partial charge in [0.2, 0.25) is 5.91 Å². The second-order valence-corrected chi connectivity index (χ2v) is 12.6. The summed E-state index contributed by atoms with van der Waals surface area (Å²) in [6.45, 7) is 17.2. The molecule has 3 aromatic carbocycles. The van der Waals surface area contributed by atoms with Crippen molar-refractivity contribution in [3.05, 3.63) is 77.4 Å². The Morgan fingerprint density at radius 2 is 1.50 bits per heavy atom. The number of carbonyl (C=O) groups is 3. The summed E-state index contributed by atoms with van der Waals surface area (Å²) in [4.78, 5) is 43.4. The second-order valence-electron chi connectivity index (χ2n) is 12.6. The van der Waals surface area contributed by atoms with Crippen LogP contribution in [0.1, 0.15) is 84.0 Å². The van der Waals surface area contributed by atoms with Crippen LogP contribution in [0.15, 0.2) is 60.7 Å². The third-order valence-corrected chi connectivity index (χ3v) is 7.38. The van der Waals surface area contributed by atoms with Crippen molar-refractivity contribution in [2.75, 3.05) is 5.32 Å². The predicted octanol–water partition coefficient (Wildman–Crippen LogP) is 7.70. The van der Waals surface area contributed by atoms with E-state index in [0.29, 0.717) is 18.5 Å². The molecule has 0 aliphatic heterocycles. The predicted molar refractivity (Wildman–Crippen MR) is 170 cm³/mol. The van der Waals surface area contributed by atoms with Crippen molar-refractivity contribution in [1.29, 1.82) is 0 Å². The number of amides is 3. The average molecular weight is 574 g/mol. The molecule has 0 aliphatic carbocycles. The van der Waals surface area contributed by atoms with E-state index in [1.165, 1.54) is 0 Å². The van der Waals surface area contributed by atoms with Gasteiger partial charge in [-0.15, -0.1) is 0 Å². The number of hydrogen-bond acceptors (Lipinski definition) is 4. The standard InChI is InChI=1S/C35H47N3O4/c1-10-25(6)38(33(40)29(20-22(2)3)37-34(41)42-35(7,8)9)31(30-23(4)14-13-15-24(30)5)32(39)36-28-19-18-26-16-11-12-17-27(26)21-28/h11-19,21-22,25,29,31H,10,20H2,1-9H3,(H,36,39)(H,37,41). The molecular formula is C35H47N3O4. The number of anilines is 1. The highest BCUT2D eigenvalue weighted by molar-refractivity contribution is 6.01. The number of benzene rings is 3. The van der Waals surface area contributed by atoms with Gasteiger partial charge in [-0.2, -0.15) is 0 Å².